The second kappa shape index (κ2) is 10.4. The number of hydrogen-bond donors (Lipinski definition) is 0. The largest absolute Gasteiger partial charge is 0.275 e. The molecule has 28 heavy (non-hydrogen) atoms. The summed E-state index contributed by atoms with van der Waals surface area (Å²) in [4.78, 5) is 25.4. The van der Waals surface area contributed by atoms with Gasteiger partial charge in [-0.2, -0.15) is 0 Å². The number of nitrogens with zero attached hydrogens (tertiary/aromatic N) is 1. The van der Waals surface area contributed by atoms with Gasteiger partial charge in [-0.15, -0.1) is 0 Å². The van der Waals surface area contributed by atoms with Crippen LogP contribution in [0.25, 0.3) is 0 Å². The van der Waals surface area contributed by atoms with E-state index in [9.17, 15) is 9.59 Å². The smallest absolute Gasteiger partial charge is 0.256 e. The number of hydrogen-bond acceptors (Lipinski definition) is 2. The number of imide groups is 1. The molecule has 1 fully saturated rings. The molecule has 3 unspecified atom stereocenters. The lowest BCUT2D eigenvalue weighted by molar-refractivity contribution is -0.137. The number of unbranched alkanes of at least 4 members (excludes halogenated alkanes) is 9. The fourth-order valence-electron chi connectivity index (χ4n) is 5.34. The minimum Gasteiger partial charge on any atom is -0.275 e. The van der Waals surface area contributed by atoms with Gasteiger partial charge in [-0.1, -0.05) is 69.9 Å². The number of rotatable bonds is 13. The molecule has 0 N–H and O–H groups in total. The first-order valence-corrected chi connectivity index (χ1v) is 11.8. The standard InChI is InChI=1S/C25H39NO2/c1-19-20(2)25(28)26(24(19)27)16-12-10-8-6-4-3-5-7-9-11-13-22-17-21-14-15-23(22)18-21/h14-15,21-23H,3-13,16-18H2,1-2H3. The molecule has 2 amide bonds. The Bertz CT molecular complexity index is 594. The first-order valence-electron chi connectivity index (χ1n) is 11.8. The van der Waals surface area contributed by atoms with Crippen LogP contribution in [0.1, 0.15) is 97.3 Å². The van der Waals surface area contributed by atoms with Crippen LogP contribution in [0.2, 0.25) is 0 Å². The van der Waals surface area contributed by atoms with Gasteiger partial charge in [0.15, 0.2) is 0 Å². The Morgan fingerprint density at radius 1 is 0.750 bits per heavy atom. The van der Waals surface area contributed by atoms with E-state index in [-0.39, 0.29) is 11.8 Å². The van der Waals surface area contributed by atoms with E-state index >= 15 is 0 Å². The van der Waals surface area contributed by atoms with Crippen molar-refractivity contribution in [3.05, 3.63) is 23.3 Å². The van der Waals surface area contributed by atoms with E-state index in [4.69, 9.17) is 0 Å². The molecule has 2 bridgehead atoms. The first-order chi connectivity index (χ1) is 13.6. The van der Waals surface area contributed by atoms with E-state index in [0.29, 0.717) is 17.7 Å². The Kier molecular flexibility index (Phi) is 7.93. The number of carbonyl (C=O) groups is 2. The summed E-state index contributed by atoms with van der Waals surface area (Å²) >= 11 is 0. The summed E-state index contributed by atoms with van der Waals surface area (Å²) in [5, 5.41) is 0. The van der Waals surface area contributed by atoms with Crippen molar-refractivity contribution in [2.75, 3.05) is 6.54 Å². The van der Waals surface area contributed by atoms with Crippen molar-refractivity contribution in [2.24, 2.45) is 17.8 Å². The number of fused-ring (bicyclic) bond motifs is 2. The predicted molar refractivity (Wildman–Crippen MR) is 115 cm³/mol. The Morgan fingerprint density at radius 3 is 1.79 bits per heavy atom. The summed E-state index contributed by atoms with van der Waals surface area (Å²) in [5.74, 6) is 2.69. The van der Waals surface area contributed by atoms with Crippen LogP contribution in [0.5, 0.6) is 0 Å². The van der Waals surface area contributed by atoms with Gasteiger partial charge in [-0.05, 0) is 57.3 Å². The maximum atomic E-state index is 12.0. The van der Waals surface area contributed by atoms with Gasteiger partial charge in [0, 0.05) is 17.7 Å². The zero-order valence-electron chi connectivity index (χ0n) is 18.0. The van der Waals surface area contributed by atoms with E-state index < -0.39 is 0 Å². The summed E-state index contributed by atoms with van der Waals surface area (Å²) in [6.07, 6.45) is 22.2. The molecule has 3 heteroatoms. The highest BCUT2D eigenvalue weighted by molar-refractivity contribution is 6.18. The van der Waals surface area contributed by atoms with Crippen molar-refractivity contribution in [3.63, 3.8) is 0 Å². The quantitative estimate of drug-likeness (QED) is 0.215. The van der Waals surface area contributed by atoms with Crippen LogP contribution in [-0.2, 0) is 9.59 Å². The Morgan fingerprint density at radius 2 is 1.29 bits per heavy atom. The molecule has 0 aromatic heterocycles. The molecule has 0 radical (unpaired) electrons. The molecule has 1 heterocycles. The third-order valence-corrected chi connectivity index (χ3v) is 7.32. The molecular formula is C25H39NO2. The van der Waals surface area contributed by atoms with E-state index in [2.05, 4.69) is 12.2 Å². The van der Waals surface area contributed by atoms with Crippen LogP contribution in [0.15, 0.2) is 23.3 Å². The first kappa shape index (κ1) is 21.3. The van der Waals surface area contributed by atoms with Gasteiger partial charge in [0.1, 0.15) is 0 Å². The van der Waals surface area contributed by atoms with Gasteiger partial charge in [0.25, 0.3) is 11.8 Å². The molecule has 1 aliphatic heterocycles. The third-order valence-electron chi connectivity index (χ3n) is 7.32. The summed E-state index contributed by atoms with van der Waals surface area (Å²) in [6.45, 7) is 4.10. The summed E-state index contributed by atoms with van der Waals surface area (Å²) < 4.78 is 0. The maximum Gasteiger partial charge on any atom is 0.256 e. The molecule has 3 aliphatic rings. The van der Waals surface area contributed by atoms with Gasteiger partial charge in [0.2, 0.25) is 0 Å². The van der Waals surface area contributed by atoms with Crippen LogP contribution in [0, 0.1) is 17.8 Å². The topological polar surface area (TPSA) is 37.4 Å². The van der Waals surface area contributed by atoms with E-state index in [0.717, 1.165) is 30.6 Å². The van der Waals surface area contributed by atoms with Crippen molar-refractivity contribution < 1.29 is 9.59 Å². The molecule has 0 aromatic carbocycles. The third kappa shape index (κ3) is 5.36. The highest BCUT2D eigenvalue weighted by atomic mass is 16.2. The fourth-order valence-corrected chi connectivity index (χ4v) is 5.34. The average molecular weight is 386 g/mol. The van der Waals surface area contributed by atoms with Crippen molar-refractivity contribution in [2.45, 2.75) is 97.3 Å². The molecular weight excluding hydrogens is 346 g/mol. The Balaban J connectivity index is 1.09. The highest BCUT2D eigenvalue weighted by Gasteiger charge is 2.34. The van der Waals surface area contributed by atoms with Crippen LogP contribution >= 0.6 is 0 Å². The number of amides is 2. The van der Waals surface area contributed by atoms with E-state index in [1.165, 1.54) is 75.5 Å². The summed E-state index contributed by atoms with van der Waals surface area (Å²) in [6, 6.07) is 0. The van der Waals surface area contributed by atoms with Crippen LogP contribution in [-0.4, -0.2) is 23.3 Å². The minimum absolute atomic E-state index is 0.0839. The molecule has 3 rings (SSSR count). The van der Waals surface area contributed by atoms with Crippen molar-refractivity contribution in [1.82, 2.24) is 4.90 Å². The molecule has 2 aliphatic carbocycles. The van der Waals surface area contributed by atoms with Gasteiger partial charge in [-0.25, -0.2) is 0 Å². The SMILES string of the molecule is CC1=C(C)C(=O)N(CCCCCCCCCCCCC2CC3C=CC2C3)C1=O. The van der Waals surface area contributed by atoms with Gasteiger partial charge in [0.05, 0.1) is 0 Å². The highest BCUT2D eigenvalue weighted by Crippen LogP contribution is 2.45. The molecule has 0 saturated heterocycles. The monoisotopic (exact) mass is 385 g/mol. The zero-order valence-corrected chi connectivity index (χ0v) is 18.0. The van der Waals surface area contributed by atoms with Gasteiger partial charge < -0.3 is 0 Å². The van der Waals surface area contributed by atoms with Gasteiger partial charge >= 0.3 is 0 Å². The van der Waals surface area contributed by atoms with Crippen LogP contribution in [0.4, 0.5) is 0 Å². The van der Waals surface area contributed by atoms with Crippen molar-refractivity contribution >= 4 is 11.8 Å². The van der Waals surface area contributed by atoms with E-state index in [1.807, 2.05) is 0 Å². The summed E-state index contributed by atoms with van der Waals surface area (Å²) in [7, 11) is 0. The number of allylic oxidation sites excluding steroid dienone is 2. The molecule has 156 valence electrons. The lowest BCUT2D eigenvalue weighted by atomic mass is 9.88. The lowest BCUT2D eigenvalue weighted by Gasteiger charge is -2.17. The molecule has 0 aromatic rings. The van der Waals surface area contributed by atoms with E-state index in [1.54, 1.807) is 13.8 Å². The van der Waals surface area contributed by atoms with Crippen molar-refractivity contribution in [1.29, 1.82) is 0 Å². The molecule has 0 spiro atoms. The normalized spacial score (nSPS) is 26.4. The average Bonchev–Trinajstić information content (AvgIpc) is 3.36. The Labute approximate surface area is 171 Å². The Hall–Kier alpha value is -1.38. The predicted octanol–water partition coefficient (Wildman–Crippen LogP) is 6.19. The van der Waals surface area contributed by atoms with Crippen LogP contribution < -0.4 is 0 Å². The summed E-state index contributed by atoms with van der Waals surface area (Å²) in [5.41, 5.74) is 1.25. The van der Waals surface area contributed by atoms with Crippen LogP contribution in [0.3, 0.4) is 0 Å². The second-order valence-corrected chi connectivity index (χ2v) is 9.38. The lowest BCUT2D eigenvalue weighted by Crippen LogP contribution is -2.32. The number of carbonyl (C=O) groups excluding carboxylic acids is 2. The van der Waals surface area contributed by atoms with Gasteiger partial charge in [-0.3, -0.25) is 14.5 Å². The molecule has 1 saturated carbocycles. The molecule has 3 atom stereocenters. The maximum absolute atomic E-state index is 12.0. The minimum atomic E-state index is -0.0839. The second-order valence-electron chi connectivity index (χ2n) is 9.38. The van der Waals surface area contributed by atoms with Crippen molar-refractivity contribution in [3.8, 4) is 0 Å². The fraction of sp³-hybridized carbons (Fsp3) is 0.760. The zero-order chi connectivity index (χ0) is 19.9. The molecule has 3 nitrogen and oxygen atoms in total.